The average molecular weight is 507 g/mol. The smallest absolute Gasteiger partial charge is 0.409 e. The van der Waals surface area contributed by atoms with Crippen LogP contribution in [0.4, 0.5) is 14.9 Å². The van der Waals surface area contributed by atoms with Gasteiger partial charge in [-0.3, -0.25) is 0 Å². The topological polar surface area (TPSA) is 60.4 Å². The lowest BCUT2D eigenvalue weighted by atomic mass is 10.2. The minimum atomic E-state index is -0.268. The molecule has 0 aliphatic carbocycles. The molecule has 28 heavy (non-hydrogen) atoms. The third-order valence-corrected chi connectivity index (χ3v) is 4.35. The van der Waals surface area contributed by atoms with Crippen molar-refractivity contribution in [3.63, 3.8) is 0 Å². The number of halogens is 2. The summed E-state index contributed by atoms with van der Waals surface area (Å²) >= 11 is 0. The molecule has 0 aromatic heterocycles. The lowest BCUT2D eigenvalue weighted by molar-refractivity contribution is 0.0914. The van der Waals surface area contributed by atoms with Crippen molar-refractivity contribution in [3.8, 4) is 0 Å². The molecule has 9 heteroatoms. The largest absolute Gasteiger partial charge is 0.450 e. The molecule has 158 valence electrons. The van der Waals surface area contributed by atoms with E-state index in [-0.39, 0.29) is 35.9 Å². The zero-order valence-electron chi connectivity index (χ0n) is 17.1. The number of ether oxygens (including phenoxy) is 1. The first-order valence-electron chi connectivity index (χ1n) is 9.37. The molecule has 1 N–H and O–H groups in total. The molecule has 1 aromatic carbocycles. The van der Waals surface area contributed by atoms with E-state index in [1.54, 1.807) is 22.8 Å². The summed E-state index contributed by atoms with van der Waals surface area (Å²) in [5.74, 6) is 0.527. The molecule has 1 amide bonds. The fraction of sp³-hybridized carbons (Fsp3) is 0.579. The van der Waals surface area contributed by atoms with E-state index >= 15 is 0 Å². The van der Waals surface area contributed by atoms with Crippen molar-refractivity contribution < 1.29 is 13.9 Å². The Morgan fingerprint density at radius 3 is 2.39 bits per heavy atom. The number of hydrogen-bond donors (Lipinski definition) is 1. The quantitative estimate of drug-likeness (QED) is 0.378. The van der Waals surface area contributed by atoms with Crippen LogP contribution in [-0.2, 0) is 11.3 Å². The monoisotopic (exact) mass is 507 g/mol. The number of anilines is 1. The Bertz CT molecular complexity index is 664. The lowest BCUT2D eigenvalue weighted by Gasteiger charge is -2.35. The molecule has 1 aliphatic rings. The van der Waals surface area contributed by atoms with E-state index in [0.29, 0.717) is 45.0 Å². The molecular formula is C19H31FIN5O2. The van der Waals surface area contributed by atoms with Crippen molar-refractivity contribution in [1.82, 2.24) is 15.1 Å². The summed E-state index contributed by atoms with van der Waals surface area (Å²) in [7, 11) is 3.63. The standard InChI is InChI=1S/C19H30FN5O2.HI/c1-5-21-18(24-9-11-25(12-10-24)19(26)27-6-2)22-14-15-7-8-17(23(3)4)16(20)13-15;/h7-8,13H,5-6,9-12,14H2,1-4H3,(H,21,22);1H. The van der Waals surface area contributed by atoms with Gasteiger partial charge in [-0.2, -0.15) is 0 Å². The van der Waals surface area contributed by atoms with Crippen LogP contribution in [0.15, 0.2) is 23.2 Å². The summed E-state index contributed by atoms with van der Waals surface area (Å²) < 4.78 is 19.2. The van der Waals surface area contributed by atoms with Gasteiger partial charge in [-0.05, 0) is 31.5 Å². The van der Waals surface area contributed by atoms with Crippen molar-refractivity contribution in [3.05, 3.63) is 29.6 Å². The Morgan fingerprint density at radius 1 is 1.21 bits per heavy atom. The van der Waals surface area contributed by atoms with E-state index in [2.05, 4.69) is 15.2 Å². The third-order valence-electron chi connectivity index (χ3n) is 4.35. The highest BCUT2D eigenvalue weighted by molar-refractivity contribution is 14.0. The fourth-order valence-electron chi connectivity index (χ4n) is 2.92. The number of aliphatic imine (C=N–C) groups is 1. The average Bonchev–Trinajstić information content (AvgIpc) is 2.65. The summed E-state index contributed by atoms with van der Waals surface area (Å²) in [5.41, 5.74) is 1.38. The Balaban J connectivity index is 0.00000392. The maximum Gasteiger partial charge on any atom is 0.409 e. The van der Waals surface area contributed by atoms with Gasteiger partial charge >= 0.3 is 6.09 Å². The van der Waals surface area contributed by atoms with E-state index < -0.39 is 0 Å². The number of hydrogen-bond acceptors (Lipinski definition) is 4. The van der Waals surface area contributed by atoms with E-state index in [0.717, 1.165) is 18.1 Å². The highest BCUT2D eigenvalue weighted by Crippen LogP contribution is 2.18. The SMILES string of the molecule is CCNC(=NCc1ccc(N(C)C)c(F)c1)N1CCN(C(=O)OCC)CC1.I. The molecule has 0 saturated carbocycles. The van der Waals surface area contributed by atoms with Crippen molar-refractivity contribution in [2.24, 2.45) is 4.99 Å². The van der Waals surface area contributed by atoms with Gasteiger partial charge in [0.25, 0.3) is 0 Å². The molecule has 1 saturated heterocycles. The number of carbonyl (C=O) groups excluding carboxylic acids is 1. The minimum Gasteiger partial charge on any atom is -0.450 e. The molecule has 1 heterocycles. The fourth-order valence-corrected chi connectivity index (χ4v) is 2.92. The van der Waals surface area contributed by atoms with Crippen LogP contribution in [-0.4, -0.2) is 75.3 Å². The minimum absolute atomic E-state index is 0. The Labute approximate surface area is 183 Å². The molecule has 0 spiro atoms. The van der Waals surface area contributed by atoms with Gasteiger partial charge in [0.1, 0.15) is 5.82 Å². The predicted molar refractivity (Wildman–Crippen MR) is 121 cm³/mol. The highest BCUT2D eigenvalue weighted by atomic mass is 127. The summed E-state index contributed by atoms with van der Waals surface area (Å²) in [6.45, 7) is 7.87. The second-order valence-corrected chi connectivity index (χ2v) is 6.52. The number of nitrogens with one attached hydrogen (secondary N) is 1. The molecule has 1 fully saturated rings. The lowest BCUT2D eigenvalue weighted by Crippen LogP contribution is -2.53. The summed E-state index contributed by atoms with van der Waals surface area (Å²) in [4.78, 5) is 22.0. The number of rotatable bonds is 5. The Hall–Kier alpha value is -1.78. The predicted octanol–water partition coefficient (Wildman–Crippen LogP) is 2.75. The van der Waals surface area contributed by atoms with Gasteiger partial charge in [0.05, 0.1) is 18.8 Å². The van der Waals surface area contributed by atoms with Gasteiger partial charge < -0.3 is 24.8 Å². The molecule has 1 aliphatic heterocycles. The Morgan fingerprint density at radius 2 is 1.86 bits per heavy atom. The van der Waals surface area contributed by atoms with Gasteiger partial charge in [-0.15, -0.1) is 24.0 Å². The normalized spacial score (nSPS) is 14.4. The van der Waals surface area contributed by atoms with Crippen LogP contribution < -0.4 is 10.2 Å². The molecule has 7 nitrogen and oxygen atoms in total. The summed E-state index contributed by atoms with van der Waals surface area (Å²) in [6.07, 6.45) is -0.268. The van der Waals surface area contributed by atoms with Gasteiger partial charge in [0.15, 0.2) is 5.96 Å². The maximum absolute atomic E-state index is 14.1. The second-order valence-electron chi connectivity index (χ2n) is 6.52. The van der Waals surface area contributed by atoms with Crippen LogP contribution in [0.2, 0.25) is 0 Å². The number of benzene rings is 1. The molecule has 0 atom stereocenters. The van der Waals surface area contributed by atoms with Gasteiger partial charge in [0.2, 0.25) is 0 Å². The van der Waals surface area contributed by atoms with Gasteiger partial charge in [0, 0.05) is 46.8 Å². The van der Waals surface area contributed by atoms with E-state index in [1.807, 2.05) is 27.1 Å². The highest BCUT2D eigenvalue weighted by Gasteiger charge is 2.23. The molecule has 0 radical (unpaired) electrons. The summed E-state index contributed by atoms with van der Waals surface area (Å²) in [6, 6.07) is 5.19. The Kier molecular flexibility index (Phi) is 10.3. The third kappa shape index (κ3) is 6.68. The van der Waals surface area contributed by atoms with E-state index in [9.17, 15) is 9.18 Å². The van der Waals surface area contributed by atoms with Crippen LogP contribution in [0.3, 0.4) is 0 Å². The molecule has 1 aromatic rings. The van der Waals surface area contributed by atoms with Crippen LogP contribution in [0.25, 0.3) is 0 Å². The number of piperazine rings is 1. The number of amides is 1. The van der Waals surface area contributed by atoms with Crippen LogP contribution in [0, 0.1) is 5.82 Å². The van der Waals surface area contributed by atoms with Crippen molar-refractivity contribution in [2.45, 2.75) is 20.4 Å². The molecule has 0 unspecified atom stereocenters. The summed E-state index contributed by atoms with van der Waals surface area (Å²) in [5, 5.41) is 3.28. The van der Waals surface area contributed by atoms with Gasteiger partial charge in [-0.25, -0.2) is 14.2 Å². The van der Waals surface area contributed by atoms with E-state index in [1.165, 1.54) is 6.07 Å². The van der Waals surface area contributed by atoms with Crippen LogP contribution in [0.1, 0.15) is 19.4 Å². The first-order chi connectivity index (χ1) is 13.0. The van der Waals surface area contributed by atoms with Crippen LogP contribution in [0.5, 0.6) is 0 Å². The van der Waals surface area contributed by atoms with Crippen LogP contribution >= 0.6 is 24.0 Å². The van der Waals surface area contributed by atoms with E-state index in [4.69, 9.17) is 4.74 Å². The molecule has 2 rings (SSSR count). The first kappa shape index (κ1) is 24.3. The molecule has 0 bridgehead atoms. The van der Waals surface area contributed by atoms with Crippen molar-refractivity contribution in [2.75, 3.05) is 58.3 Å². The maximum atomic E-state index is 14.1. The number of carbonyl (C=O) groups is 1. The van der Waals surface area contributed by atoms with Gasteiger partial charge in [-0.1, -0.05) is 6.07 Å². The number of guanidine groups is 1. The zero-order chi connectivity index (χ0) is 19.8. The molecular weight excluding hydrogens is 476 g/mol. The first-order valence-corrected chi connectivity index (χ1v) is 9.37. The second kappa shape index (κ2) is 11.9. The number of nitrogens with zero attached hydrogens (tertiary/aromatic N) is 4. The van der Waals surface area contributed by atoms with Crippen molar-refractivity contribution in [1.29, 1.82) is 0 Å². The zero-order valence-corrected chi connectivity index (χ0v) is 19.4. The van der Waals surface area contributed by atoms with Crippen molar-refractivity contribution >= 4 is 41.7 Å².